The molecule has 1 aliphatic heterocycles. The van der Waals surface area contributed by atoms with Crippen molar-refractivity contribution in [2.75, 3.05) is 19.8 Å². The van der Waals surface area contributed by atoms with Crippen molar-refractivity contribution in [3.63, 3.8) is 0 Å². The SMILES string of the molecule is CCC/C=C/CC/C=C/CC/C=C/C(O)C(COC1OC(CO)C(O)C(O)C1O)NC(=O)CC/C=C\C/C=C\CCCCCCCCOC(=O)CCCCCCC/C=C\C/C=C\CCCC. The molecule has 7 unspecified atom stereocenters. The van der Waals surface area contributed by atoms with E-state index in [1.807, 2.05) is 18.2 Å². The Balaban J connectivity index is 2.23. The molecule has 0 radical (unpaired) electrons. The summed E-state index contributed by atoms with van der Waals surface area (Å²) in [6.07, 6.45) is 48.2. The molecule has 0 aromatic heterocycles. The Morgan fingerprint density at radius 3 is 1.67 bits per heavy atom. The number of amides is 1. The third-order valence-electron chi connectivity index (χ3n) is 11.4. The zero-order valence-corrected chi connectivity index (χ0v) is 41.1. The van der Waals surface area contributed by atoms with E-state index in [0.29, 0.717) is 25.9 Å². The van der Waals surface area contributed by atoms with Crippen LogP contribution in [0.15, 0.2) is 85.1 Å². The molecule has 0 aliphatic carbocycles. The zero-order chi connectivity index (χ0) is 48.1. The van der Waals surface area contributed by atoms with E-state index < -0.39 is 49.5 Å². The predicted molar refractivity (Wildman–Crippen MR) is 269 cm³/mol. The quantitative estimate of drug-likeness (QED) is 0.0196. The van der Waals surface area contributed by atoms with Crippen molar-refractivity contribution in [3.8, 4) is 0 Å². The van der Waals surface area contributed by atoms with Crippen molar-refractivity contribution in [1.29, 1.82) is 0 Å². The van der Waals surface area contributed by atoms with Crippen molar-refractivity contribution in [2.24, 2.45) is 0 Å². The summed E-state index contributed by atoms with van der Waals surface area (Å²) < 4.78 is 16.6. The van der Waals surface area contributed by atoms with E-state index in [-0.39, 0.29) is 24.9 Å². The van der Waals surface area contributed by atoms with Crippen LogP contribution in [0.25, 0.3) is 0 Å². The molecule has 0 spiro atoms. The van der Waals surface area contributed by atoms with Crippen LogP contribution in [0.4, 0.5) is 0 Å². The molecule has 7 atom stereocenters. The minimum Gasteiger partial charge on any atom is -0.466 e. The molecule has 6 N–H and O–H groups in total. The number of carbonyl (C=O) groups excluding carboxylic acids is 2. The molecule has 1 rings (SSSR count). The summed E-state index contributed by atoms with van der Waals surface area (Å²) in [5, 5.41) is 54.0. The van der Waals surface area contributed by atoms with E-state index in [9.17, 15) is 35.1 Å². The number of rotatable bonds is 42. The fourth-order valence-electron chi connectivity index (χ4n) is 7.24. The van der Waals surface area contributed by atoms with Gasteiger partial charge in [0.2, 0.25) is 5.91 Å². The smallest absolute Gasteiger partial charge is 0.305 e. The number of aliphatic hydroxyl groups is 5. The van der Waals surface area contributed by atoms with E-state index >= 15 is 0 Å². The fraction of sp³-hybridized carbons (Fsp3) is 0.709. The Morgan fingerprint density at radius 1 is 0.561 bits per heavy atom. The van der Waals surface area contributed by atoms with Crippen LogP contribution >= 0.6 is 0 Å². The summed E-state index contributed by atoms with van der Waals surface area (Å²) in [5.74, 6) is -0.340. The molecule has 0 bridgehead atoms. The number of carbonyl (C=O) groups is 2. The number of unbranched alkanes of at least 4 members (excludes halogenated alkanes) is 16. The van der Waals surface area contributed by atoms with E-state index in [4.69, 9.17) is 14.2 Å². The van der Waals surface area contributed by atoms with Gasteiger partial charge in [0.05, 0.1) is 32.0 Å². The fourth-order valence-corrected chi connectivity index (χ4v) is 7.24. The first-order valence-electron chi connectivity index (χ1n) is 25.9. The number of esters is 1. The van der Waals surface area contributed by atoms with Gasteiger partial charge in [0.1, 0.15) is 24.4 Å². The lowest BCUT2D eigenvalue weighted by molar-refractivity contribution is -0.302. The molecule has 66 heavy (non-hydrogen) atoms. The maximum absolute atomic E-state index is 12.9. The van der Waals surface area contributed by atoms with Gasteiger partial charge in [-0.3, -0.25) is 9.59 Å². The zero-order valence-electron chi connectivity index (χ0n) is 41.1. The van der Waals surface area contributed by atoms with Crippen LogP contribution in [-0.4, -0.2) is 100 Å². The molecule has 0 saturated carbocycles. The van der Waals surface area contributed by atoms with Crippen LogP contribution in [-0.2, 0) is 23.8 Å². The Bertz CT molecular complexity index is 1370. The van der Waals surface area contributed by atoms with Gasteiger partial charge in [-0.05, 0) is 96.3 Å². The largest absolute Gasteiger partial charge is 0.466 e. The van der Waals surface area contributed by atoms with E-state index in [1.165, 1.54) is 51.4 Å². The van der Waals surface area contributed by atoms with E-state index in [1.54, 1.807) is 6.08 Å². The number of hydrogen-bond donors (Lipinski definition) is 6. The maximum atomic E-state index is 12.9. The second-order valence-electron chi connectivity index (χ2n) is 17.5. The summed E-state index contributed by atoms with van der Waals surface area (Å²) in [7, 11) is 0. The number of hydrogen-bond acceptors (Lipinski definition) is 10. The lowest BCUT2D eigenvalue weighted by Crippen LogP contribution is -2.60. The van der Waals surface area contributed by atoms with E-state index in [2.05, 4.69) is 79.9 Å². The average Bonchev–Trinajstić information content (AvgIpc) is 3.31. The average molecular weight is 928 g/mol. The first-order valence-corrected chi connectivity index (χ1v) is 25.9. The molecular formula is C55H93NO10. The molecule has 1 heterocycles. The molecule has 11 nitrogen and oxygen atoms in total. The van der Waals surface area contributed by atoms with Gasteiger partial charge in [-0.15, -0.1) is 0 Å². The summed E-state index contributed by atoms with van der Waals surface area (Å²) in [6.45, 7) is 4.07. The third-order valence-corrected chi connectivity index (χ3v) is 11.4. The topological polar surface area (TPSA) is 175 Å². The second kappa shape index (κ2) is 44.4. The van der Waals surface area contributed by atoms with Gasteiger partial charge in [0, 0.05) is 12.8 Å². The highest BCUT2D eigenvalue weighted by Crippen LogP contribution is 2.22. The molecule has 1 fully saturated rings. The number of ether oxygens (including phenoxy) is 3. The van der Waals surface area contributed by atoms with Crippen LogP contribution < -0.4 is 5.32 Å². The van der Waals surface area contributed by atoms with Crippen LogP contribution in [0.2, 0.25) is 0 Å². The Labute approximate surface area is 400 Å². The van der Waals surface area contributed by atoms with Gasteiger partial charge in [0.25, 0.3) is 0 Å². The third kappa shape index (κ3) is 34.2. The molecule has 378 valence electrons. The minimum absolute atomic E-state index is 0.0577. The van der Waals surface area contributed by atoms with Crippen molar-refractivity contribution in [3.05, 3.63) is 85.1 Å². The lowest BCUT2D eigenvalue weighted by atomic mass is 9.99. The van der Waals surface area contributed by atoms with Gasteiger partial charge in [-0.1, -0.05) is 163 Å². The predicted octanol–water partition coefficient (Wildman–Crippen LogP) is 10.7. The molecule has 0 aromatic rings. The summed E-state index contributed by atoms with van der Waals surface area (Å²) in [5.41, 5.74) is 0. The molecular weight excluding hydrogens is 835 g/mol. The molecule has 11 heteroatoms. The minimum atomic E-state index is -1.60. The van der Waals surface area contributed by atoms with Crippen LogP contribution in [0.1, 0.15) is 187 Å². The molecule has 1 aliphatic rings. The standard InChI is InChI=1S/C55H93NO10/c1-3-5-7-9-11-13-15-16-19-23-27-31-35-39-43-51(60)64-44-40-36-32-28-24-20-17-18-22-26-30-34-38-42-50(59)56-47(46-65-55-54(63)53(62)52(61)49(45-57)66-55)48(58)41-37-33-29-25-21-14-12-10-8-6-4-2/h8-11,15-16,18,21-22,25,30,34,37,41,47-49,52-55,57-58,61-63H,3-7,12-14,17,19-20,23-24,26-29,31-33,35-36,38-40,42-46H2,1-2H3,(H,56,59)/b10-8+,11-9-,16-15-,22-18-,25-21+,34-30-,41-37+. The van der Waals surface area contributed by atoms with Crippen molar-refractivity contribution in [2.45, 2.75) is 230 Å². The molecule has 1 amide bonds. The number of nitrogens with one attached hydrogen (secondary N) is 1. The van der Waals surface area contributed by atoms with Gasteiger partial charge < -0.3 is 45.1 Å². The summed E-state index contributed by atoms with van der Waals surface area (Å²) in [6, 6.07) is -0.880. The van der Waals surface area contributed by atoms with Gasteiger partial charge in [0.15, 0.2) is 6.29 Å². The first-order chi connectivity index (χ1) is 32.2. The van der Waals surface area contributed by atoms with Crippen LogP contribution in [0.3, 0.4) is 0 Å². The molecule has 1 saturated heterocycles. The highest BCUT2D eigenvalue weighted by Gasteiger charge is 2.44. The summed E-state index contributed by atoms with van der Waals surface area (Å²) in [4.78, 5) is 25.0. The van der Waals surface area contributed by atoms with Crippen LogP contribution in [0.5, 0.6) is 0 Å². The maximum Gasteiger partial charge on any atom is 0.305 e. The number of allylic oxidation sites excluding steroid dienone is 13. The Kier molecular flexibility index (Phi) is 40.9. The lowest BCUT2D eigenvalue weighted by Gasteiger charge is -2.40. The van der Waals surface area contributed by atoms with Crippen molar-refractivity contribution >= 4 is 11.9 Å². The van der Waals surface area contributed by atoms with Crippen molar-refractivity contribution < 1.29 is 49.3 Å². The highest BCUT2D eigenvalue weighted by atomic mass is 16.7. The number of aliphatic hydroxyl groups excluding tert-OH is 5. The van der Waals surface area contributed by atoms with Gasteiger partial charge in [-0.2, -0.15) is 0 Å². The summed E-state index contributed by atoms with van der Waals surface area (Å²) >= 11 is 0. The monoisotopic (exact) mass is 928 g/mol. The van der Waals surface area contributed by atoms with Gasteiger partial charge >= 0.3 is 5.97 Å². The second-order valence-corrected chi connectivity index (χ2v) is 17.5. The normalized spacial score (nSPS) is 20.4. The van der Waals surface area contributed by atoms with Crippen LogP contribution in [0, 0.1) is 0 Å². The highest BCUT2D eigenvalue weighted by molar-refractivity contribution is 5.76. The Morgan fingerprint density at radius 2 is 1.08 bits per heavy atom. The molecule has 0 aromatic carbocycles. The van der Waals surface area contributed by atoms with Gasteiger partial charge in [-0.25, -0.2) is 0 Å². The first kappa shape index (κ1) is 60.9. The van der Waals surface area contributed by atoms with Crippen molar-refractivity contribution in [1.82, 2.24) is 5.32 Å². The van der Waals surface area contributed by atoms with E-state index in [0.717, 1.165) is 96.3 Å². The Hall–Kier alpha value is -3.16.